The lowest BCUT2D eigenvalue weighted by atomic mass is 9.83. The Morgan fingerprint density at radius 3 is 2.19 bits per heavy atom. The zero-order chi connectivity index (χ0) is 31.7. The minimum absolute atomic E-state index is 0.00426. The molecule has 0 radical (unpaired) electrons. The number of hydrogen-bond acceptors (Lipinski definition) is 9. The fourth-order valence-corrected chi connectivity index (χ4v) is 17.8. The minimum Gasteiger partial charge on any atom is -0.460 e. The van der Waals surface area contributed by atoms with Crippen LogP contribution < -0.4 is 0 Å². The van der Waals surface area contributed by atoms with Gasteiger partial charge >= 0.3 is 23.1 Å². The van der Waals surface area contributed by atoms with Crippen molar-refractivity contribution in [1.82, 2.24) is 9.55 Å². The van der Waals surface area contributed by atoms with E-state index in [1.54, 1.807) is 41.2 Å². The van der Waals surface area contributed by atoms with E-state index in [1.807, 2.05) is 6.07 Å². The number of carbonyl (C=O) groups is 1. The van der Waals surface area contributed by atoms with E-state index in [4.69, 9.17) is 34.7 Å². The van der Waals surface area contributed by atoms with Gasteiger partial charge in [-0.3, -0.25) is 4.57 Å². The van der Waals surface area contributed by atoms with Crippen LogP contribution in [0.1, 0.15) is 65.7 Å². The smallest absolute Gasteiger partial charge is 0.338 e. The highest BCUT2D eigenvalue weighted by Gasteiger charge is 2.68. The highest BCUT2D eigenvalue weighted by atomic mass is 32.1. The zero-order valence-corrected chi connectivity index (χ0v) is 29.1. The van der Waals surface area contributed by atoms with Gasteiger partial charge in [-0.2, -0.15) is 5.26 Å². The number of benzene rings is 1. The number of thiocarbonyl (C=S) groups is 1. The second kappa shape index (κ2) is 12.7. The maximum absolute atomic E-state index is 13.4. The third kappa shape index (κ3) is 5.79. The maximum Gasteiger partial charge on any atom is 0.338 e. The average Bonchev–Trinajstić information content (AvgIpc) is 3.56. The largest absolute Gasteiger partial charge is 0.460 e. The van der Waals surface area contributed by atoms with Crippen LogP contribution >= 0.6 is 12.2 Å². The summed E-state index contributed by atoms with van der Waals surface area (Å²) < 4.78 is 35.7. The molecular weight excluding hydrogens is 599 g/mol. The Balaban J connectivity index is 1.90. The van der Waals surface area contributed by atoms with Crippen molar-refractivity contribution in [3.63, 3.8) is 0 Å². The fraction of sp³-hybridized carbons (Fsp3) is 0.548. The first-order valence-electron chi connectivity index (χ1n) is 14.8. The summed E-state index contributed by atoms with van der Waals surface area (Å²) in [5, 5.41) is 11.1. The second-order valence-electron chi connectivity index (χ2n) is 12.6. The Bertz CT molecular complexity index is 1350. The Labute approximate surface area is 262 Å². The molecule has 1 aliphatic carbocycles. The molecule has 4 atom stereocenters. The van der Waals surface area contributed by atoms with Gasteiger partial charge in [0.2, 0.25) is 0 Å². The minimum atomic E-state index is -3.19. The van der Waals surface area contributed by atoms with E-state index in [0.29, 0.717) is 11.1 Å². The number of ether oxygens (including phenoxy) is 2. The summed E-state index contributed by atoms with van der Waals surface area (Å²) in [7, 11) is -6.17. The lowest BCUT2D eigenvalue weighted by Crippen LogP contribution is -2.66. The van der Waals surface area contributed by atoms with Crippen LogP contribution in [-0.4, -0.2) is 62.7 Å². The van der Waals surface area contributed by atoms with Crippen molar-refractivity contribution in [2.24, 2.45) is 5.41 Å². The van der Waals surface area contributed by atoms with E-state index >= 15 is 0 Å². The van der Waals surface area contributed by atoms with Crippen LogP contribution in [0.25, 0.3) is 0 Å². The van der Waals surface area contributed by atoms with E-state index in [9.17, 15) is 10.1 Å². The van der Waals surface area contributed by atoms with Gasteiger partial charge in [0.15, 0.2) is 12.2 Å². The molecule has 0 N–H and O–H groups in total. The molecule has 232 valence electrons. The van der Waals surface area contributed by atoms with E-state index in [1.165, 1.54) is 6.33 Å². The number of carbonyl (C=O) groups excluding carboxylic acids is 1. The molecule has 4 rings (SSSR count). The molecule has 1 saturated carbocycles. The summed E-state index contributed by atoms with van der Waals surface area (Å²) >= 11 is 5.65. The van der Waals surface area contributed by atoms with Gasteiger partial charge in [-0.1, -0.05) is 80.2 Å². The molecule has 1 saturated heterocycles. The van der Waals surface area contributed by atoms with Crippen molar-refractivity contribution in [3.8, 4) is 6.07 Å². The van der Waals surface area contributed by atoms with E-state index in [0.717, 1.165) is 0 Å². The SMILES string of the molecule is C=C1[C@H](OC(=O)c2ccccc2)[C@H](OC(=S)n2ccnc2)[C@@H]2O[Si](C(C)C)(C(C)C)O[Si](C(C)C)(C(C)C)OC[C@@]12C#N. The second-order valence-corrected chi connectivity index (χ2v) is 21.8. The number of esters is 1. The predicted octanol–water partition coefficient (Wildman–Crippen LogP) is 6.66. The Morgan fingerprint density at radius 2 is 1.67 bits per heavy atom. The quantitative estimate of drug-likeness (QED) is 0.142. The molecule has 2 heterocycles. The lowest BCUT2D eigenvalue weighted by molar-refractivity contribution is -0.0552. The van der Waals surface area contributed by atoms with E-state index in [2.05, 4.69) is 73.0 Å². The highest BCUT2D eigenvalue weighted by Crippen LogP contribution is 2.54. The molecule has 2 aliphatic rings. The molecule has 0 bridgehead atoms. The first kappa shape index (κ1) is 33.2. The standard InChI is InChI=1S/C31H43N3O6SSi2/c1-20(2)42(21(3)4)36-18-31(17-32)24(9)26(37-29(35)25-13-11-10-12-14-25)27(38-30(41)34-16-15-33-19-34)28(31)39-43(40-42,22(5)6)23(7)8/h10-16,19-23,26-28H,9,18H2,1-8H3/t26-,27-,28-,31-/m0/s1. The van der Waals surface area contributed by atoms with Crippen LogP contribution in [0.2, 0.25) is 22.2 Å². The van der Waals surface area contributed by atoms with Gasteiger partial charge in [0.1, 0.15) is 17.8 Å². The van der Waals surface area contributed by atoms with Crippen molar-refractivity contribution in [2.75, 3.05) is 6.61 Å². The van der Waals surface area contributed by atoms with Crippen molar-refractivity contribution >= 4 is 40.5 Å². The summed E-state index contributed by atoms with van der Waals surface area (Å²) in [6, 6.07) is 11.2. The average molecular weight is 642 g/mol. The molecular formula is C31H43N3O6SSi2. The normalized spacial score (nSPS) is 26.6. The molecule has 43 heavy (non-hydrogen) atoms. The summed E-state index contributed by atoms with van der Waals surface area (Å²) in [5.41, 5.74) is -0.530. The first-order chi connectivity index (χ1) is 20.3. The van der Waals surface area contributed by atoms with Crippen molar-refractivity contribution in [2.45, 2.75) is 95.9 Å². The zero-order valence-electron chi connectivity index (χ0n) is 26.3. The summed E-state index contributed by atoms with van der Waals surface area (Å²) in [5.74, 6) is -0.572. The molecule has 0 unspecified atom stereocenters. The van der Waals surface area contributed by atoms with Gasteiger partial charge in [-0.15, -0.1) is 0 Å². The molecule has 1 aromatic carbocycles. The van der Waals surface area contributed by atoms with Crippen LogP contribution in [0.4, 0.5) is 0 Å². The van der Waals surface area contributed by atoms with Crippen LogP contribution in [0, 0.1) is 16.7 Å². The lowest BCUT2D eigenvalue weighted by Gasteiger charge is -2.53. The first-order valence-corrected chi connectivity index (χ1v) is 19.2. The highest BCUT2D eigenvalue weighted by molar-refractivity contribution is 7.80. The fourth-order valence-electron chi connectivity index (χ4n) is 6.29. The van der Waals surface area contributed by atoms with Crippen molar-refractivity contribution < 1.29 is 27.2 Å². The number of fused-ring (bicyclic) bond motifs is 1. The maximum atomic E-state index is 13.4. The molecule has 2 aromatic rings. The molecule has 1 aliphatic heterocycles. The van der Waals surface area contributed by atoms with Gasteiger partial charge in [-0.05, 0) is 52.1 Å². The summed E-state index contributed by atoms with van der Waals surface area (Å²) in [6.07, 6.45) is 1.77. The topological polar surface area (TPSA) is 105 Å². The Kier molecular flexibility index (Phi) is 9.85. The predicted molar refractivity (Wildman–Crippen MR) is 172 cm³/mol. The van der Waals surface area contributed by atoms with Crippen LogP contribution in [0.15, 0.2) is 61.2 Å². The molecule has 9 nitrogen and oxygen atoms in total. The summed E-state index contributed by atoms with van der Waals surface area (Å²) in [4.78, 5) is 17.5. The third-order valence-corrected chi connectivity index (χ3v) is 19.3. The van der Waals surface area contributed by atoms with E-state index in [-0.39, 0.29) is 33.9 Å². The van der Waals surface area contributed by atoms with Crippen LogP contribution in [0.5, 0.6) is 0 Å². The van der Waals surface area contributed by atoms with Gasteiger partial charge in [-0.25, -0.2) is 9.78 Å². The van der Waals surface area contributed by atoms with Gasteiger partial charge < -0.3 is 22.4 Å². The van der Waals surface area contributed by atoms with Crippen LogP contribution in [0.3, 0.4) is 0 Å². The van der Waals surface area contributed by atoms with E-state index < -0.39 is 46.8 Å². The number of aromatic nitrogens is 2. The summed E-state index contributed by atoms with van der Waals surface area (Å²) in [6.45, 7) is 21.2. The van der Waals surface area contributed by atoms with Crippen LogP contribution in [-0.2, 0) is 22.4 Å². The molecule has 2 fully saturated rings. The van der Waals surface area contributed by atoms with Gasteiger partial charge in [0.25, 0.3) is 5.17 Å². The van der Waals surface area contributed by atoms with Crippen molar-refractivity contribution in [1.29, 1.82) is 5.26 Å². The third-order valence-electron chi connectivity index (χ3n) is 8.77. The van der Waals surface area contributed by atoms with Crippen molar-refractivity contribution in [3.05, 3.63) is 66.8 Å². The number of nitrogens with zero attached hydrogens (tertiary/aromatic N) is 3. The number of rotatable bonds is 7. The molecule has 0 spiro atoms. The Hall–Kier alpha value is -2.67. The number of imidazole rings is 1. The van der Waals surface area contributed by atoms with Gasteiger partial charge in [0, 0.05) is 12.4 Å². The monoisotopic (exact) mass is 641 g/mol. The molecule has 12 heteroatoms. The Morgan fingerprint density at radius 1 is 1.07 bits per heavy atom. The molecule has 0 amide bonds. The van der Waals surface area contributed by atoms with Gasteiger partial charge in [0.05, 0.1) is 18.2 Å². The number of hydrogen-bond donors (Lipinski definition) is 0. The molecule has 1 aromatic heterocycles. The number of nitriles is 1.